The third-order valence-corrected chi connectivity index (χ3v) is 3.85. The van der Waals surface area contributed by atoms with Crippen molar-refractivity contribution in [2.75, 3.05) is 23.4 Å². The smallest absolute Gasteiger partial charge is 0.247 e. The van der Waals surface area contributed by atoms with E-state index in [-0.39, 0.29) is 0 Å². The molecule has 124 valence electrons. The molecule has 0 aliphatic carbocycles. The van der Waals surface area contributed by atoms with Gasteiger partial charge in [-0.05, 0) is 25.8 Å². The van der Waals surface area contributed by atoms with Crippen LogP contribution in [0.4, 0.5) is 11.8 Å². The van der Waals surface area contributed by atoms with Crippen LogP contribution in [-0.2, 0) is 6.54 Å². The summed E-state index contributed by atoms with van der Waals surface area (Å²) in [7, 11) is 2.06. The standard InChI is InChI=1S/C18H27N5/c1-5-6-12-22(4)17-13-19-21-18(20-17)23(15(2)3)14-16-10-8-7-9-11-16/h7-11,13,15H,5-6,12,14H2,1-4H3. The summed E-state index contributed by atoms with van der Waals surface area (Å²) in [5.74, 6) is 1.56. The van der Waals surface area contributed by atoms with E-state index >= 15 is 0 Å². The Balaban J connectivity index is 2.19. The summed E-state index contributed by atoms with van der Waals surface area (Å²) >= 11 is 0. The SMILES string of the molecule is CCCCN(C)c1cnnc(N(Cc2ccccc2)C(C)C)n1. The molecule has 0 saturated carbocycles. The minimum absolute atomic E-state index is 0.299. The Morgan fingerprint density at radius 1 is 1.13 bits per heavy atom. The third-order valence-electron chi connectivity index (χ3n) is 3.85. The maximum atomic E-state index is 4.72. The topological polar surface area (TPSA) is 45.2 Å². The van der Waals surface area contributed by atoms with Crippen LogP contribution >= 0.6 is 0 Å². The van der Waals surface area contributed by atoms with Crippen molar-refractivity contribution in [1.82, 2.24) is 15.2 Å². The quantitative estimate of drug-likeness (QED) is 0.746. The molecule has 0 unspecified atom stereocenters. The number of nitrogens with zero attached hydrogens (tertiary/aromatic N) is 5. The average molecular weight is 313 g/mol. The molecule has 2 aromatic rings. The highest BCUT2D eigenvalue weighted by Gasteiger charge is 2.16. The summed E-state index contributed by atoms with van der Waals surface area (Å²) < 4.78 is 0. The van der Waals surface area contributed by atoms with Gasteiger partial charge in [0.15, 0.2) is 5.82 Å². The van der Waals surface area contributed by atoms with Crippen LogP contribution < -0.4 is 9.80 Å². The van der Waals surface area contributed by atoms with Gasteiger partial charge in [0.1, 0.15) is 0 Å². The molecule has 0 aliphatic rings. The molecular formula is C18H27N5. The maximum Gasteiger partial charge on any atom is 0.247 e. The Labute approximate surface area is 139 Å². The molecule has 0 aliphatic heterocycles. The molecule has 0 amide bonds. The molecule has 0 fully saturated rings. The van der Waals surface area contributed by atoms with Gasteiger partial charge in [-0.15, -0.1) is 5.10 Å². The Kier molecular flexibility index (Phi) is 6.32. The van der Waals surface area contributed by atoms with Gasteiger partial charge in [0, 0.05) is 26.2 Å². The normalized spacial score (nSPS) is 10.8. The second-order valence-electron chi connectivity index (χ2n) is 6.10. The summed E-state index contributed by atoms with van der Waals surface area (Å²) in [6, 6.07) is 10.7. The van der Waals surface area contributed by atoms with Crippen LogP contribution in [0.3, 0.4) is 0 Å². The van der Waals surface area contributed by atoms with E-state index in [4.69, 9.17) is 4.98 Å². The molecule has 0 spiro atoms. The van der Waals surface area contributed by atoms with E-state index in [1.807, 2.05) is 6.07 Å². The summed E-state index contributed by atoms with van der Waals surface area (Å²) in [6.07, 6.45) is 4.05. The Bertz CT molecular complexity index is 585. The van der Waals surface area contributed by atoms with Crippen LogP contribution in [0.2, 0.25) is 0 Å². The maximum absolute atomic E-state index is 4.72. The monoisotopic (exact) mass is 313 g/mol. The van der Waals surface area contributed by atoms with E-state index in [2.05, 4.69) is 72.1 Å². The van der Waals surface area contributed by atoms with Crippen molar-refractivity contribution in [2.24, 2.45) is 0 Å². The molecule has 1 aromatic carbocycles. The molecular weight excluding hydrogens is 286 g/mol. The van der Waals surface area contributed by atoms with E-state index in [1.165, 1.54) is 12.0 Å². The number of rotatable bonds is 8. The fourth-order valence-corrected chi connectivity index (χ4v) is 2.37. The van der Waals surface area contributed by atoms with Crippen molar-refractivity contribution in [3.63, 3.8) is 0 Å². The van der Waals surface area contributed by atoms with Crippen molar-refractivity contribution in [3.05, 3.63) is 42.1 Å². The molecule has 1 heterocycles. The largest absolute Gasteiger partial charge is 0.358 e. The highest BCUT2D eigenvalue weighted by molar-refractivity contribution is 5.42. The molecule has 5 nitrogen and oxygen atoms in total. The lowest BCUT2D eigenvalue weighted by Crippen LogP contribution is -2.32. The van der Waals surface area contributed by atoms with Crippen molar-refractivity contribution >= 4 is 11.8 Å². The number of unbranched alkanes of at least 4 members (excludes halogenated alkanes) is 1. The van der Waals surface area contributed by atoms with E-state index in [9.17, 15) is 0 Å². The minimum Gasteiger partial charge on any atom is -0.358 e. The fourth-order valence-electron chi connectivity index (χ4n) is 2.37. The Morgan fingerprint density at radius 2 is 1.87 bits per heavy atom. The van der Waals surface area contributed by atoms with Gasteiger partial charge in [-0.1, -0.05) is 43.7 Å². The van der Waals surface area contributed by atoms with E-state index in [0.29, 0.717) is 12.0 Å². The van der Waals surface area contributed by atoms with Crippen LogP contribution in [0.15, 0.2) is 36.5 Å². The first-order valence-electron chi connectivity index (χ1n) is 8.33. The van der Waals surface area contributed by atoms with Crippen LogP contribution in [0.25, 0.3) is 0 Å². The molecule has 0 atom stereocenters. The first kappa shape index (κ1) is 17.2. The van der Waals surface area contributed by atoms with Gasteiger partial charge in [-0.2, -0.15) is 10.1 Å². The zero-order valence-corrected chi connectivity index (χ0v) is 14.6. The predicted octanol–water partition coefficient (Wildman–Crippen LogP) is 3.52. The molecule has 0 bridgehead atoms. The van der Waals surface area contributed by atoms with Gasteiger partial charge in [0.2, 0.25) is 5.95 Å². The predicted molar refractivity (Wildman–Crippen MR) is 95.8 cm³/mol. The molecule has 0 radical (unpaired) electrons. The van der Waals surface area contributed by atoms with E-state index in [0.717, 1.165) is 25.3 Å². The van der Waals surface area contributed by atoms with Gasteiger partial charge in [0.05, 0.1) is 6.20 Å². The van der Waals surface area contributed by atoms with Gasteiger partial charge in [0.25, 0.3) is 0 Å². The minimum atomic E-state index is 0.299. The fraction of sp³-hybridized carbons (Fsp3) is 0.500. The average Bonchev–Trinajstić information content (AvgIpc) is 2.58. The second-order valence-corrected chi connectivity index (χ2v) is 6.10. The summed E-state index contributed by atoms with van der Waals surface area (Å²) in [4.78, 5) is 9.04. The molecule has 0 N–H and O–H groups in total. The Hall–Kier alpha value is -2.17. The number of hydrogen-bond donors (Lipinski definition) is 0. The number of hydrogen-bond acceptors (Lipinski definition) is 5. The molecule has 0 saturated heterocycles. The third kappa shape index (κ3) is 4.91. The number of benzene rings is 1. The van der Waals surface area contributed by atoms with Crippen molar-refractivity contribution < 1.29 is 0 Å². The van der Waals surface area contributed by atoms with Crippen LogP contribution in [0, 0.1) is 0 Å². The van der Waals surface area contributed by atoms with E-state index in [1.54, 1.807) is 6.20 Å². The lowest BCUT2D eigenvalue weighted by atomic mass is 10.2. The summed E-state index contributed by atoms with van der Waals surface area (Å²) in [5, 5.41) is 8.42. The molecule has 23 heavy (non-hydrogen) atoms. The molecule has 2 rings (SSSR count). The van der Waals surface area contributed by atoms with Crippen molar-refractivity contribution in [2.45, 2.75) is 46.2 Å². The van der Waals surface area contributed by atoms with Gasteiger partial charge >= 0.3 is 0 Å². The van der Waals surface area contributed by atoms with Gasteiger partial charge in [-0.25, -0.2) is 0 Å². The summed E-state index contributed by atoms with van der Waals surface area (Å²) in [5.41, 5.74) is 1.24. The highest BCUT2D eigenvalue weighted by atomic mass is 15.4. The zero-order chi connectivity index (χ0) is 16.7. The van der Waals surface area contributed by atoms with E-state index < -0.39 is 0 Å². The van der Waals surface area contributed by atoms with Gasteiger partial charge < -0.3 is 9.80 Å². The summed E-state index contributed by atoms with van der Waals surface area (Å²) in [6.45, 7) is 8.26. The second kappa shape index (κ2) is 8.46. The van der Waals surface area contributed by atoms with Crippen molar-refractivity contribution in [1.29, 1.82) is 0 Å². The first-order valence-corrected chi connectivity index (χ1v) is 8.33. The zero-order valence-electron chi connectivity index (χ0n) is 14.6. The number of aromatic nitrogens is 3. The lowest BCUT2D eigenvalue weighted by Gasteiger charge is -2.27. The Morgan fingerprint density at radius 3 is 2.52 bits per heavy atom. The number of anilines is 2. The van der Waals surface area contributed by atoms with Gasteiger partial charge in [-0.3, -0.25) is 0 Å². The van der Waals surface area contributed by atoms with Crippen LogP contribution in [-0.4, -0.2) is 34.8 Å². The lowest BCUT2D eigenvalue weighted by molar-refractivity contribution is 0.649. The van der Waals surface area contributed by atoms with Crippen molar-refractivity contribution in [3.8, 4) is 0 Å². The first-order chi connectivity index (χ1) is 11.1. The molecule has 5 heteroatoms. The molecule has 1 aromatic heterocycles. The highest BCUT2D eigenvalue weighted by Crippen LogP contribution is 2.18. The van der Waals surface area contributed by atoms with Crippen LogP contribution in [0.1, 0.15) is 39.2 Å². The van der Waals surface area contributed by atoms with Crippen LogP contribution in [0.5, 0.6) is 0 Å².